The van der Waals surface area contributed by atoms with Gasteiger partial charge in [0.25, 0.3) is 0 Å². The van der Waals surface area contributed by atoms with Crippen molar-refractivity contribution in [2.24, 2.45) is 0 Å². The minimum absolute atomic E-state index is 0.253. The molecule has 4 heteroatoms. The topological polar surface area (TPSA) is 21.7 Å². The Kier molecular flexibility index (Phi) is 5.74. The number of ether oxygens (including phenoxy) is 2. The number of rotatable bonds is 7. The van der Waals surface area contributed by atoms with Crippen molar-refractivity contribution in [1.82, 2.24) is 0 Å². The van der Waals surface area contributed by atoms with Gasteiger partial charge >= 0.3 is 0 Å². The maximum absolute atomic E-state index is 14.5. The highest BCUT2D eigenvalue weighted by molar-refractivity contribution is 5.51. The fourth-order valence-electron chi connectivity index (χ4n) is 3.01. The van der Waals surface area contributed by atoms with Gasteiger partial charge in [0.15, 0.2) is 0 Å². The van der Waals surface area contributed by atoms with Gasteiger partial charge in [0.1, 0.15) is 17.3 Å². The Labute approximate surface area is 153 Å². The molecule has 0 aromatic heterocycles. The van der Waals surface area contributed by atoms with E-state index >= 15 is 0 Å². The molecular weight excluding hydrogens is 329 g/mol. The number of halogens is 1. The average molecular weight is 351 g/mol. The molecule has 0 atom stereocenters. The van der Waals surface area contributed by atoms with Crippen LogP contribution < -0.4 is 14.4 Å². The Morgan fingerprint density at radius 3 is 1.65 bits per heavy atom. The van der Waals surface area contributed by atoms with Gasteiger partial charge in [-0.05, 0) is 24.3 Å². The number of methoxy groups -OCH3 is 2. The summed E-state index contributed by atoms with van der Waals surface area (Å²) in [6.07, 6.45) is 0. The molecule has 0 amide bonds. The van der Waals surface area contributed by atoms with Crippen molar-refractivity contribution in [2.75, 3.05) is 19.1 Å². The van der Waals surface area contributed by atoms with E-state index in [1.165, 1.54) is 6.07 Å². The van der Waals surface area contributed by atoms with E-state index in [0.29, 0.717) is 18.8 Å². The normalized spacial score (nSPS) is 10.4. The van der Waals surface area contributed by atoms with Gasteiger partial charge in [-0.15, -0.1) is 0 Å². The fraction of sp³-hybridized carbons (Fsp3) is 0.182. The third kappa shape index (κ3) is 3.97. The first-order chi connectivity index (χ1) is 12.7. The molecule has 0 bridgehead atoms. The maximum Gasteiger partial charge on any atom is 0.146 e. The number of para-hydroxylation sites is 3. The van der Waals surface area contributed by atoms with Crippen LogP contribution in [0.4, 0.5) is 10.1 Å². The summed E-state index contributed by atoms with van der Waals surface area (Å²) < 4.78 is 25.4. The summed E-state index contributed by atoms with van der Waals surface area (Å²) in [5.74, 6) is 1.32. The largest absolute Gasteiger partial charge is 0.496 e. The van der Waals surface area contributed by atoms with E-state index < -0.39 is 0 Å². The number of hydrogen-bond acceptors (Lipinski definition) is 3. The van der Waals surface area contributed by atoms with Crippen molar-refractivity contribution in [1.29, 1.82) is 0 Å². The van der Waals surface area contributed by atoms with Gasteiger partial charge in [0.05, 0.1) is 19.9 Å². The van der Waals surface area contributed by atoms with Gasteiger partial charge in [-0.3, -0.25) is 0 Å². The second-order valence-corrected chi connectivity index (χ2v) is 5.93. The van der Waals surface area contributed by atoms with E-state index in [-0.39, 0.29) is 5.82 Å². The van der Waals surface area contributed by atoms with Crippen molar-refractivity contribution < 1.29 is 13.9 Å². The monoisotopic (exact) mass is 351 g/mol. The number of hydrogen-bond donors (Lipinski definition) is 0. The zero-order chi connectivity index (χ0) is 18.4. The lowest BCUT2D eigenvalue weighted by Gasteiger charge is -2.27. The minimum Gasteiger partial charge on any atom is -0.496 e. The molecule has 0 radical (unpaired) electrons. The number of anilines is 1. The van der Waals surface area contributed by atoms with Crippen molar-refractivity contribution >= 4 is 5.69 Å². The van der Waals surface area contributed by atoms with Crippen molar-refractivity contribution in [2.45, 2.75) is 13.1 Å². The zero-order valence-corrected chi connectivity index (χ0v) is 15.0. The van der Waals surface area contributed by atoms with E-state index in [9.17, 15) is 4.39 Å². The molecule has 134 valence electrons. The molecular formula is C22H22FNO2. The summed E-state index contributed by atoms with van der Waals surface area (Å²) in [6.45, 7) is 1.03. The van der Waals surface area contributed by atoms with Crippen LogP contribution in [-0.4, -0.2) is 14.2 Å². The van der Waals surface area contributed by atoms with Gasteiger partial charge in [-0.25, -0.2) is 4.39 Å². The number of benzene rings is 3. The Hall–Kier alpha value is -3.01. The highest BCUT2D eigenvalue weighted by atomic mass is 19.1. The Bertz CT molecular complexity index is 817. The van der Waals surface area contributed by atoms with E-state index in [4.69, 9.17) is 9.47 Å². The summed E-state index contributed by atoms with van der Waals surface area (Å²) in [4.78, 5) is 1.99. The van der Waals surface area contributed by atoms with Crippen LogP contribution in [0.25, 0.3) is 0 Å². The lowest BCUT2D eigenvalue weighted by atomic mass is 10.1. The van der Waals surface area contributed by atoms with Crippen LogP contribution in [0.2, 0.25) is 0 Å². The second kappa shape index (κ2) is 8.39. The van der Waals surface area contributed by atoms with Crippen LogP contribution in [0.3, 0.4) is 0 Å². The lowest BCUT2D eigenvalue weighted by Crippen LogP contribution is -2.23. The molecule has 3 nitrogen and oxygen atoms in total. The number of nitrogens with zero attached hydrogens (tertiary/aromatic N) is 1. The SMILES string of the molecule is COc1ccccc1CN(Cc1ccccc1OC)c1ccccc1F. The predicted octanol–water partition coefficient (Wildman–Crippen LogP) is 5.05. The van der Waals surface area contributed by atoms with Gasteiger partial charge in [-0.2, -0.15) is 0 Å². The Morgan fingerprint density at radius 2 is 1.15 bits per heavy atom. The Balaban J connectivity index is 1.98. The molecule has 0 aliphatic rings. The van der Waals surface area contributed by atoms with Gasteiger partial charge in [0, 0.05) is 24.2 Å². The average Bonchev–Trinajstić information content (AvgIpc) is 2.68. The molecule has 3 aromatic carbocycles. The van der Waals surface area contributed by atoms with Crippen LogP contribution in [0.15, 0.2) is 72.8 Å². The van der Waals surface area contributed by atoms with E-state index in [0.717, 1.165) is 22.6 Å². The second-order valence-electron chi connectivity index (χ2n) is 5.93. The third-order valence-electron chi connectivity index (χ3n) is 4.30. The van der Waals surface area contributed by atoms with Crippen LogP contribution in [0.1, 0.15) is 11.1 Å². The maximum atomic E-state index is 14.5. The fourth-order valence-corrected chi connectivity index (χ4v) is 3.01. The van der Waals surface area contributed by atoms with Gasteiger partial charge in [-0.1, -0.05) is 48.5 Å². The molecule has 3 aromatic rings. The summed E-state index contributed by atoms with van der Waals surface area (Å²) in [7, 11) is 3.29. The van der Waals surface area contributed by atoms with Crippen LogP contribution in [0, 0.1) is 5.82 Å². The zero-order valence-electron chi connectivity index (χ0n) is 15.0. The van der Waals surface area contributed by atoms with Crippen LogP contribution in [0.5, 0.6) is 11.5 Å². The molecule has 0 spiro atoms. The van der Waals surface area contributed by atoms with Crippen molar-refractivity contribution in [3.05, 3.63) is 89.7 Å². The highest BCUT2D eigenvalue weighted by Crippen LogP contribution is 2.29. The van der Waals surface area contributed by atoms with Crippen molar-refractivity contribution in [3.63, 3.8) is 0 Å². The first kappa shape index (κ1) is 17.8. The van der Waals surface area contributed by atoms with Crippen LogP contribution >= 0.6 is 0 Å². The molecule has 3 rings (SSSR count). The molecule has 0 unspecified atom stereocenters. The quantitative estimate of drug-likeness (QED) is 0.594. The van der Waals surface area contributed by atoms with Gasteiger partial charge in [0.2, 0.25) is 0 Å². The summed E-state index contributed by atoms with van der Waals surface area (Å²) >= 11 is 0. The molecule has 0 saturated carbocycles. The summed E-state index contributed by atoms with van der Waals surface area (Å²) in [5, 5.41) is 0. The van der Waals surface area contributed by atoms with E-state index in [1.54, 1.807) is 26.4 Å². The van der Waals surface area contributed by atoms with Gasteiger partial charge < -0.3 is 14.4 Å². The molecule has 0 N–H and O–H groups in total. The molecule has 26 heavy (non-hydrogen) atoms. The smallest absolute Gasteiger partial charge is 0.146 e. The van der Waals surface area contributed by atoms with E-state index in [2.05, 4.69) is 0 Å². The molecule has 0 aliphatic carbocycles. The first-order valence-corrected chi connectivity index (χ1v) is 8.46. The summed E-state index contributed by atoms with van der Waals surface area (Å²) in [5.41, 5.74) is 2.53. The highest BCUT2D eigenvalue weighted by Gasteiger charge is 2.16. The molecule has 0 aliphatic heterocycles. The van der Waals surface area contributed by atoms with Crippen LogP contribution in [-0.2, 0) is 13.1 Å². The third-order valence-corrected chi connectivity index (χ3v) is 4.30. The van der Waals surface area contributed by atoms with E-state index in [1.807, 2.05) is 59.5 Å². The molecule has 0 heterocycles. The Morgan fingerprint density at radius 1 is 0.692 bits per heavy atom. The summed E-state index contributed by atoms with van der Waals surface area (Å²) in [6, 6.07) is 22.4. The predicted molar refractivity (Wildman–Crippen MR) is 102 cm³/mol. The lowest BCUT2D eigenvalue weighted by molar-refractivity contribution is 0.406. The molecule has 0 fully saturated rings. The molecule has 0 saturated heterocycles. The standard InChI is InChI=1S/C22H22FNO2/c1-25-21-13-7-3-9-17(21)15-24(20-12-6-5-11-19(20)23)16-18-10-4-8-14-22(18)26-2/h3-14H,15-16H2,1-2H3. The first-order valence-electron chi connectivity index (χ1n) is 8.46. The minimum atomic E-state index is -0.253. The van der Waals surface area contributed by atoms with Crippen molar-refractivity contribution in [3.8, 4) is 11.5 Å².